The van der Waals surface area contributed by atoms with Crippen molar-refractivity contribution in [2.24, 2.45) is 0 Å². The van der Waals surface area contributed by atoms with Gasteiger partial charge in [-0.25, -0.2) is 4.98 Å². The number of hydrogen-bond acceptors (Lipinski definition) is 4. The van der Waals surface area contributed by atoms with Gasteiger partial charge in [0, 0.05) is 29.2 Å². The molecule has 1 amide bonds. The molecule has 3 N–H and O–H groups in total. The Hall–Kier alpha value is -1.89. The Morgan fingerprint density at radius 2 is 2.04 bits per heavy atom. The standard InChI is InChI=1S/C16H17Cl2N3O3/c1-2-9(22)7-20-15(23)11-8-19-14(21-16(11)24)6-10-12(17)4-3-5-13(10)18/h3-5,8-9,22H,2,6-7H2,1H3,(H,20,23)(H,19,21,24)/t9-/m0/s1. The molecule has 1 aromatic heterocycles. The first-order valence-corrected chi connectivity index (χ1v) is 8.15. The highest BCUT2D eigenvalue weighted by atomic mass is 35.5. The first-order chi connectivity index (χ1) is 11.4. The van der Waals surface area contributed by atoms with Crippen molar-refractivity contribution in [1.82, 2.24) is 15.3 Å². The second-order valence-corrected chi connectivity index (χ2v) is 6.04. The van der Waals surface area contributed by atoms with E-state index in [2.05, 4.69) is 15.3 Å². The molecule has 2 rings (SSSR count). The number of H-pyrrole nitrogens is 1. The number of amides is 1. The van der Waals surface area contributed by atoms with Crippen LogP contribution in [0.1, 0.15) is 35.1 Å². The number of carbonyl (C=O) groups is 1. The van der Waals surface area contributed by atoms with E-state index in [4.69, 9.17) is 23.2 Å². The molecule has 128 valence electrons. The summed E-state index contributed by atoms with van der Waals surface area (Å²) in [5, 5.41) is 12.9. The zero-order valence-corrected chi connectivity index (χ0v) is 14.5. The Bertz CT molecular complexity index is 772. The first-order valence-electron chi connectivity index (χ1n) is 7.39. The third kappa shape index (κ3) is 4.56. The number of aliphatic hydroxyl groups excluding tert-OH is 1. The van der Waals surface area contributed by atoms with Crippen molar-refractivity contribution in [3.05, 3.63) is 61.7 Å². The molecule has 8 heteroatoms. The van der Waals surface area contributed by atoms with Crippen molar-refractivity contribution in [1.29, 1.82) is 0 Å². The van der Waals surface area contributed by atoms with Crippen molar-refractivity contribution in [2.75, 3.05) is 6.54 Å². The molecule has 0 fully saturated rings. The van der Waals surface area contributed by atoms with Crippen LogP contribution in [0.25, 0.3) is 0 Å². The Balaban J connectivity index is 2.15. The van der Waals surface area contributed by atoms with Crippen molar-refractivity contribution in [2.45, 2.75) is 25.9 Å². The predicted octanol–water partition coefficient (Wildman–Crippen LogP) is 2.17. The van der Waals surface area contributed by atoms with Crippen LogP contribution in [-0.2, 0) is 6.42 Å². The SMILES string of the molecule is CC[C@H](O)CNC(=O)c1cnc(Cc2c(Cl)cccc2Cl)[nH]c1=O. The van der Waals surface area contributed by atoms with Gasteiger partial charge in [0.15, 0.2) is 0 Å². The van der Waals surface area contributed by atoms with Crippen LogP contribution >= 0.6 is 23.2 Å². The fourth-order valence-electron chi connectivity index (χ4n) is 2.00. The summed E-state index contributed by atoms with van der Waals surface area (Å²) in [7, 11) is 0. The molecule has 0 aliphatic rings. The lowest BCUT2D eigenvalue weighted by Gasteiger charge is -2.09. The number of hydrogen-bond donors (Lipinski definition) is 3. The van der Waals surface area contributed by atoms with Gasteiger partial charge in [-0.3, -0.25) is 9.59 Å². The summed E-state index contributed by atoms with van der Waals surface area (Å²) < 4.78 is 0. The van der Waals surface area contributed by atoms with E-state index < -0.39 is 17.6 Å². The van der Waals surface area contributed by atoms with Crippen LogP contribution in [0.4, 0.5) is 0 Å². The first kappa shape index (κ1) is 18.4. The summed E-state index contributed by atoms with van der Waals surface area (Å²) in [6.45, 7) is 1.87. The molecular weight excluding hydrogens is 353 g/mol. The maximum atomic E-state index is 12.1. The molecule has 0 spiro atoms. The summed E-state index contributed by atoms with van der Waals surface area (Å²) >= 11 is 12.2. The lowest BCUT2D eigenvalue weighted by molar-refractivity contribution is 0.0912. The zero-order chi connectivity index (χ0) is 17.7. The zero-order valence-electron chi connectivity index (χ0n) is 13.0. The molecule has 24 heavy (non-hydrogen) atoms. The lowest BCUT2D eigenvalue weighted by atomic mass is 10.1. The normalized spacial score (nSPS) is 12.0. The van der Waals surface area contributed by atoms with Gasteiger partial charge >= 0.3 is 0 Å². The Morgan fingerprint density at radius 1 is 1.38 bits per heavy atom. The minimum Gasteiger partial charge on any atom is -0.391 e. The van der Waals surface area contributed by atoms with Gasteiger partial charge in [-0.1, -0.05) is 36.2 Å². The van der Waals surface area contributed by atoms with Crippen LogP contribution in [-0.4, -0.2) is 33.6 Å². The summed E-state index contributed by atoms with van der Waals surface area (Å²) in [4.78, 5) is 30.7. The van der Waals surface area contributed by atoms with Gasteiger partial charge in [0.1, 0.15) is 11.4 Å². The molecule has 0 saturated heterocycles. The van der Waals surface area contributed by atoms with Gasteiger partial charge in [0.25, 0.3) is 11.5 Å². The fraction of sp³-hybridized carbons (Fsp3) is 0.312. The molecule has 0 bridgehead atoms. The molecule has 0 saturated carbocycles. The number of aromatic nitrogens is 2. The fourth-order valence-corrected chi connectivity index (χ4v) is 2.53. The van der Waals surface area contributed by atoms with Crippen LogP contribution in [0.3, 0.4) is 0 Å². The average molecular weight is 370 g/mol. The van der Waals surface area contributed by atoms with E-state index >= 15 is 0 Å². The van der Waals surface area contributed by atoms with Gasteiger partial charge in [-0.2, -0.15) is 0 Å². The number of aliphatic hydroxyl groups is 1. The monoisotopic (exact) mass is 369 g/mol. The summed E-state index contributed by atoms with van der Waals surface area (Å²) in [6, 6.07) is 5.12. The van der Waals surface area contributed by atoms with Crippen LogP contribution in [0.15, 0.2) is 29.2 Å². The third-order valence-electron chi connectivity index (χ3n) is 3.47. The number of aromatic amines is 1. The van der Waals surface area contributed by atoms with E-state index in [1.807, 2.05) is 0 Å². The highest BCUT2D eigenvalue weighted by Gasteiger charge is 2.14. The maximum absolute atomic E-state index is 12.1. The van der Waals surface area contributed by atoms with E-state index in [1.54, 1.807) is 25.1 Å². The molecule has 1 atom stereocenters. The van der Waals surface area contributed by atoms with Crippen molar-refractivity contribution in [3.63, 3.8) is 0 Å². The molecule has 0 aliphatic heterocycles. The lowest BCUT2D eigenvalue weighted by Crippen LogP contribution is -2.35. The van der Waals surface area contributed by atoms with E-state index in [9.17, 15) is 14.7 Å². The van der Waals surface area contributed by atoms with Gasteiger partial charge in [0.2, 0.25) is 0 Å². The highest BCUT2D eigenvalue weighted by molar-refractivity contribution is 6.36. The number of nitrogens with zero attached hydrogens (tertiary/aromatic N) is 1. The molecule has 0 radical (unpaired) electrons. The Morgan fingerprint density at radius 3 is 2.62 bits per heavy atom. The Labute approximate surface area is 148 Å². The van der Waals surface area contributed by atoms with E-state index in [1.165, 1.54) is 6.20 Å². The number of rotatable bonds is 6. The summed E-state index contributed by atoms with van der Waals surface area (Å²) in [6.07, 6.45) is 1.30. The minimum atomic E-state index is -0.650. The second-order valence-electron chi connectivity index (χ2n) is 5.22. The average Bonchev–Trinajstić information content (AvgIpc) is 2.56. The van der Waals surface area contributed by atoms with Gasteiger partial charge in [-0.05, 0) is 24.1 Å². The number of halogens is 2. The van der Waals surface area contributed by atoms with E-state index in [0.29, 0.717) is 27.9 Å². The largest absolute Gasteiger partial charge is 0.391 e. The predicted molar refractivity (Wildman–Crippen MR) is 92.8 cm³/mol. The molecule has 1 heterocycles. The third-order valence-corrected chi connectivity index (χ3v) is 4.18. The number of carbonyl (C=O) groups excluding carboxylic acids is 1. The molecule has 2 aromatic rings. The molecule has 1 aromatic carbocycles. The van der Waals surface area contributed by atoms with Crippen LogP contribution in [0.2, 0.25) is 10.0 Å². The maximum Gasteiger partial charge on any atom is 0.263 e. The van der Waals surface area contributed by atoms with Crippen LogP contribution in [0, 0.1) is 0 Å². The van der Waals surface area contributed by atoms with E-state index in [0.717, 1.165) is 0 Å². The van der Waals surface area contributed by atoms with Crippen LogP contribution in [0.5, 0.6) is 0 Å². The molecular formula is C16H17Cl2N3O3. The smallest absolute Gasteiger partial charge is 0.263 e. The van der Waals surface area contributed by atoms with Gasteiger partial charge in [0.05, 0.1) is 6.10 Å². The van der Waals surface area contributed by atoms with Gasteiger partial charge < -0.3 is 15.4 Å². The van der Waals surface area contributed by atoms with Gasteiger partial charge in [-0.15, -0.1) is 0 Å². The summed E-state index contributed by atoms with van der Waals surface area (Å²) in [5.74, 6) is -0.237. The number of nitrogens with one attached hydrogen (secondary N) is 2. The quantitative estimate of drug-likeness (QED) is 0.726. The Kier molecular flexibility index (Phi) is 6.36. The second kappa shape index (κ2) is 8.28. The van der Waals surface area contributed by atoms with Crippen LogP contribution < -0.4 is 10.9 Å². The topological polar surface area (TPSA) is 95.1 Å². The molecule has 0 unspecified atom stereocenters. The van der Waals surface area contributed by atoms with Crippen molar-refractivity contribution in [3.8, 4) is 0 Å². The number of benzene rings is 1. The van der Waals surface area contributed by atoms with Crippen molar-refractivity contribution >= 4 is 29.1 Å². The van der Waals surface area contributed by atoms with E-state index in [-0.39, 0.29) is 18.5 Å². The molecule has 6 nitrogen and oxygen atoms in total. The minimum absolute atomic E-state index is 0.0752. The molecule has 0 aliphatic carbocycles. The van der Waals surface area contributed by atoms with Crippen molar-refractivity contribution < 1.29 is 9.90 Å². The highest BCUT2D eigenvalue weighted by Crippen LogP contribution is 2.25. The summed E-state index contributed by atoms with van der Waals surface area (Å²) in [5.41, 5.74) is -0.0359.